The van der Waals surface area contributed by atoms with Crippen molar-refractivity contribution in [3.8, 4) is 0 Å². The molecule has 1 aromatic rings. The number of amides is 1. The van der Waals surface area contributed by atoms with E-state index in [4.69, 9.17) is 5.73 Å². The Morgan fingerprint density at radius 2 is 2.13 bits per heavy atom. The van der Waals surface area contributed by atoms with Crippen molar-refractivity contribution in [3.63, 3.8) is 0 Å². The van der Waals surface area contributed by atoms with E-state index < -0.39 is 22.3 Å². The van der Waals surface area contributed by atoms with Gasteiger partial charge in [-0.2, -0.15) is 0 Å². The molecule has 1 fully saturated rings. The minimum atomic E-state index is -0.854. The van der Waals surface area contributed by atoms with Crippen molar-refractivity contribution in [3.05, 3.63) is 33.6 Å². The third-order valence-electron chi connectivity index (χ3n) is 4.27. The van der Waals surface area contributed by atoms with Crippen LogP contribution in [0, 0.1) is 21.8 Å². The molecule has 1 aliphatic heterocycles. The standard InChI is InChI=1S/C15H21FN4O3/c1-2-19-5-3-10(4-6-19)9-18-15(21)12-7-11(16)8-13(14(12)17)20(22)23/h7-8,10H,2-6,9,17H2,1H3,(H,18,21). The molecule has 2 rings (SSSR count). The fraction of sp³-hybridized carbons (Fsp3) is 0.533. The highest BCUT2D eigenvalue weighted by Crippen LogP contribution is 2.26. The number of halogens is 1. The number of nitrogen functional groups attached to an aromatic ring is 1. The molecule has 0 spiro atoms. The number of benzene rings is 1. The number of nitro groups is 1. The number of nitrogens with one attached hydrogen (secondary N) is 1. The Bertz CT molecular complexity index is 601. The summed E-state index contributed by atoms with van der Waals surface area (Å²) >= 11 is 0. The fourth-order valence-electron chi connectivity index (χ4n) is 2.78. The van der Waals surface area contributed by atoms with Crippen LogP contribution in [-0.4, -0.2) is 41.9 Å². The normalized spacial score (nSPS) is 16.3. The van der Waals surface area contributed by atoms with E-state index in [2.05, 4.69) is 17.1 Å². The highest BCUT2D eigenvalue weighted by molar-refractivity contribution is 6.01. The molecule has 0 bridgehead atoms. The molecule has 7 nitrogen and oxygen atoms in total. The minimum absolute atomic E-state index is 0.192. The second-order valence-electron chi connectivity index (χ2n) is 5.73. The Balaban J connectivity index is 2.00. The third kappa shape index (κ3) is 4.16. The van der Waals surface area contributed by atoms with E-state index in [9.17, 15) is 19.3 Å². The van der Waals surface area contributed by atoms with Crippen molar-refractivity contribution in [2.75, 3.05) is 31.9 Å². The zero-order chi connectivity index (χ0) is 17.0. The second kappa shape index (κ2) is 7.36. The highest BCUT2D eigenvalue weighted by atomic mass is 19.1. The summed E-state index contributed by atoms with van der Waals surface area (Å²) in [5.41, 5.74) is 4.53. The predicted octanol–water partition coefficient (Wildman–Crippen LogP) is 1.78. The van der Waals surface area contributed by atoms with E-state index in [1.165, 1.54) is 0 Å². The number of rotatable bonds is 5. The molecule has 0 unspecified atom stereocenters. The summed E-state index contributed by atoms with van der Waals surface area (Å²) in [5.74, 6) is -1.08. The number of carbonyl (C=O) groups is 1. The topological polar surface area (TPSA) is 102 Å². The van der Waals surface area contributed by atoms with Gasteiger partial charge in [-0.25, -0.2) is 4.39 Å². The molecular weight excluding hydrogens is 303 g/mol. The van der Waals surface area contributed by atoms with Crippen molar-refractivity contribution in [1.29, 1.82) is 0 Å². The summed E-state index contributed by atoms with van der Waals surface area (Å²) in [6.45, 7) is 5.57. The maximum atomic E-state index is 13.5. The molecule has 1 aromatic carbocycles. The van der Waals surface area contributed by atoms with Crippen LogP contribution < -0.4 is 11.1 Å². The average Bonchev–Trinajstić information content (AvgIpc) is 2.54. The van der Waals surface area contributed by atoms with Crippen molar-refractivity contribution >= 4 is 17.3 Å². The van der Waals surface area contributed by atoms with E-state index in [0.29, 0.717) is 18.5 Å². The molecule has 3 N–H and O–H groups in total. The summed E-state index contributed by atoms with van der Waals surface area (Å²) in [7, 11) is 0. The van der Waals surface area contributed by atoms with E-state index in [0.717, 1.165) is 38.5 Å². The van der Waals surface area contributed by atoms with Crippen LogP contribution in [0.25, 0.3) is 0 Å². The zero-order valence-electron chi connectivity index (χ0n) is 13.0. The quantitative estimate of drug-likeness (QED) is 0.488. The van der Waals surface area contributed by atoms with E-state index in [1.807, 2.05) is 0 Å². The molecule has 126 valence electrons. The number of nitro benzene ring substituents is 1. The lowest BCUT2D eigenvalue weighted by Crippen LogP contribution is -2.38. The van der Waals surface area contributed by atoms with E-state index in [-0.39, 0.29) is 11.3 Å². The number of hydrogen-bond acceptors (Lipinski definition) is 5. The van der Waals surface area contributed by atoms with Gasteiger partial charge in [0.2, 0.25) is 0 Å². The molecule has 23 heavy (non-hydrogen) atoms. The first-order valence-corrected chi connectivity index (χ1v) is 7.66. The number of anilines is 1. The number of piperidine rings is 1. The van der Waals surface area contributed by atoms with Crippen LogP contribution in [0.1, 0.15) is 30.1 Å². The first kappa shape index (κ1) is 17.1. The molecule has 1 amide bonds. The summed E-state index contributed by atoms with van der Waals surface area (Å²) in [6.07, 6.45) is 1.96. The first-order chi connectivity index (χ1) is 10.9. The fourth-order valence-corrected chi connectivity index (χ4v) is 2.78. The lowest BCUT2D eigenvalue weighted by Gasteiger charge is -2.31. The van der Waals surface area contributed by atoms with E-state index in [1.54, 1.807) is 0 Å². The monoisotopic (exact) mass is 324 g/mol. The smallest absolute Gasteiger partial charge is 0.295 e. The highest BCUT2D eigenvalue weighted by Gasteiger charge is 2.23. The number of carbonyl (C=O) groups excluding carboxylic acids is 1. The zero-order valence-corrected chi connectivity index (χ0v) is 13.0. The molecule has 1 saturated heterocycles. The molecule has 0 aliphatic carbocycles. The maximum absolute atomic E-state index is 13.5. The van der Waals surface area contributed by atoms with Gasteiger partial charge < -0.3 is 16.0 Å². The lowest BCUT2D eigenvalue weighted by atomic mass is 9.96. The Labute approximate surface area is 133 Å². The largest absolute Gasteiger partial charge is 0.393 e. The maximum Gasteiger partial charge on any atom is 0.295 e. The second-order valence-corrected chi connectivity index (χ2v) is 5.73. The first-order valence-electron chi connectivity index (χ1n) is 7.66. The summed E-state index contributed by atoms with van der Waals surface area (Å²) in [5, 5.41) is 13.5. The summed E-state index contributed by atoms with van der Waals surface area (Å²) < 4.78 is 13.5. The number of likely N-dealkylation sites (tertiary alicyclic amines) is 1. The summed E-state index contributed by atoms with van der Waals surface area (Å²) in [4.78, 5) is 24.5. The van der Waals surface area contributed by atoms with Crippen molar-refractivity contribution in [1.82, 2.24) is 10.2 Å². The average molecular weight is 324 g/mol. The molecule has 0 atom stereocenters. The Kier molecular flexibility index (Phi) is 5.49. The van der Waals surface area contributed by atoms with Gasteiger partial charge in [0.15, 0.2) is 0 Å². The van der Waals surface area contributed by atoms with Crippen molar-refractivity contribution < 1.29 is 14.1 Å². The van der Waals surface area contributed by atoms with Crippen molar-refractivity contribution in [2.45, 2.75) is 19.8 Å². The Morgan fingerprint density at radius 1 is 1.48 bits per heavy atom. The van der Waals surface area contributed by atoms with Gasteiger partial charge in [-0.15, -0.1) is 0 Å². The van der Waals surface area contributed by atoms with Crippen LogP contribution in [0.15, 0.2) is 12.1 Å². The lowest BCUT2D eigenvalue weighted by molar-refractivity contribution is -0.384. The number of nitrogens with zero attached hydrogens (tertiary/aromatic N) is 2. The molecule has 8 heteroatoms. The van der Waals surface area contributed by atoms with Crippen LogP contribution in [0.3, 0.4) is 0 Å². The van der Waals surface area contributed by atoms with Crippen LogP contribution in [0.2, 0.25) is 0 Å². The van der Waals surface area contributed by atoms with Gasteiger partial charge in [0.05, 0.1) is 16.6 Å². The van der Waals surface area contributed by atoms with Gasteiger partial charge in [0.25, 0.3) is 11.6 Å². The summed E-state index contributed by atoms with van der Waals surface area (Å²) in [6, 6.07) is 1.64. The van der Waals surface area contributed by atoms with Gasteiger partial charge in [0.1, 0.15) is 11.5 Å². The molecule has 0 saturated carbocycles. The SMILES string of the molecule is CCN1CCC(CNC(=O)c2cc(F)cc([N+](=O)[O-])c2N)CC1. The molecular formula is C15H21FN4O3. The van der Waals surface area contributed by atoms with Gasteiger partial charge in [0, 0.05) is 6.54 Å². The Hall–Kier alpha value is -2.22. The van der Waals surface area contributed by atoms with E-state index >= 15 is 0 Å². The molecule has 1 aliphatic rings. The number of hydrogen-bond donors (Lipinski definition) is 2. The van der Waals surface area contributed by atoms with Crippen LogP contribution in [0.4, 0.5) is 15.8 Å². The minimum Gasteiger partial charge on any atom is -0.393 e. The molecule has 0 aromatic heterocycles. The van der Waals surface area contributed by atoms with Crippen LogP contribution in [0.5, 0.6) is 0 Å². The van der Waals surface area contributed by atoms with Crippen LogP contribution in [-0.2, 0) is 0 Å². The van der Waals surface area contributed by atoms with Crippen molar-refractivity contribution in [2.24, 2.45) is 5.92 Å². The van der Waals surface area contributed by atoms with Gasteiger partial charge in [-0.1, -0.05) is 6.92 Å². The Morgan fingerprint density at radius 3 is 2.70 bits per heavy atom. The van der Waals surface area contributed by atoms with Gasteiger partial charge >= 0.3 is 0 Å². The van der Waals surface area contributed by atoms with Gasteiger partial charge in [-0.3, -0.25) is 14.9 Å². The number of nitrogens with two attached hydrogens (primary N) is 1. The molecule has 0 radical (unpaired) electrons. The van der Waals surface area contributed by atoms with Crippen LogP contribution >= 0.6 is 0 Å². The molecule has 1 heterocycles. The third-order valence-corrected chi connectivity index (χ3v) is 4.27. The van der Waals surface area contributed by atoms with Gasteiger partial charge in [-0.05, 0) is 44.5 Å². The predicted molar refractivity (Wildman–Crippen MR) is 84.6 cm³/mol.